The van der Waals surface area contributed by atoms with Crippen molar-refractivity contribution in [2.45, 2.75) is 32.2 Å². The Bertz CT molecular complexity index is 359. The third kappa shape index (κ3) is 4.76. The molecule has 1 atom stereocenters. The quantitative estimate of drug-likeness (QED) is 0.743. The molecule has 0 aliphatic carbocycles. The van der Waals surface area contributed by atoms with Crippen molar-refractivity contribution < 1.29 is 19.5 Å². The second-order valence-corrected chi connectivity index (χ2v) is 4.68. The van der Waals surface area contributed by atoms with Gasteiger partial charge in [0.2, 0.25) is 5.91 Å². The number of nitrogens with one attached hydrogen (secondary N) is 1. The minimum atomic E-state index is -0.922. The van der Waals surface area contributed by atoms with Crippen molar-refractivity contribution in [3.8, 4) is 0 Å². The first-order chi connectivity index (χ1) is 8.93. The van der Waals surface area contributed by atoms with Crippen LogP contribution in [-0.2, 0) is 9.59 Å². The second-order valence-electron chi connectivity index (χ2n) is 4.68. The summed E-state index contributed by atoms with van der Waals surface area (Å²) in [4.78, 5) is 36.9. The summed E-state index contributed by atoms with van der Waals surface area (Å²) in [7, 11) is 1.71. The van der Waals surface area contributed by atoms with Gasteiger partial charge < -0.3 is 20.2 Å². The average molecular weight is 271 g/mol. The fraction of sp³-hybridized carbons (Fsp3) is 0.750. The van der Waals surface area contributed by atoms with Crippen LogP contribution in [0.2, 0.25) is 0 Å². The van der Waals surface area contributed by atoms with E-state index in [1.807, 2.05) is 0 Å². The van der Waals surface area contributed by atoms with E-state index in [1.165, 1.54) is 4.90 Å². The first-order valence-corrected chi connectivity index (χ1v) is 6.45. The maximum Gasteiger partial charge on any atom is 0.317 e. The molecule has 0 aromatic rings. The number of carboxylic acids is 1. The number of hydrogen-bond donors (Lipinski definition) is 2. The maximum atomic E-state index is 12.0. The van der Waals surface area contributed by atoms with Crippen LogP contribution < -0.4 is 5.32 Å². The van der Waals surface area contributed by atoms with Crippen molar-refractivity contribution in [2.24, 2.45) is 0 Å². The molecule has 0 spiro atoms. The highest BCUT2D eigenvalue weighted by Crippen LogP contribution is 2.10. The van der Waals surface area contributed by atoms with E-state index in [0.29, 0.717) is 25.9 Å². The number of likely N-dealkylation sites (tertiary alicyclic amines) is 1. The molecule has 0 radical (unpaired) electrons. The molecule has 0 saturated carbocycles. The molecule has 1 aliphatic rings. The summed E-state index contributed by atoms with van der Waals surface area (Å²) < 4.78 is 0. The molecule has 1 unspecified atom stereocenters. The van der Waals surface area contributed by atoms with E-state index in [-0.39, 0.29) is 30.9 Å². The van der Waals surface area contributed by atoms with Gasteiger partial charge in [-0.05, 0) is 13.3 Å². The van der Waals surface area contributed by atoms with Crippen LogP contribution in [0, 0.1) is 0 Å². The summed E-state index contributed by atoms with van der Waals surface area (Å²) in [5.41, 5.74) is 0. The summed E-state index contributed by atoms with van der Waals surface area (Å²) in [5.74, 6) is -0.835. The number of aliphatic carboxylic acids is 1. The van der Waals surface area contributed by atoms with E-state index >= 15 is 0 Å². The van der Waals surface area contributed by atoms with Crippen LogP contribution in [0.25, 0.3) is 0 Å². The molecule has 1 saturated heterocycles. The first kappa shape index (κ1) is 15.3. The smallest absolute Gasteiger partial charge is 0.317 e. The standard InChI is InChI=1S/C12H21N3O4/c1-3-15(7-6-11(17)18)12(19)13-9-4-5-10(16)14(2)8-9/h9H,3-8H2,1-2H3,(H,13,19)(H,17,18). The highest BCUT2D eigenvalue weighted by atomic mass is 16.4. The Balaban J connectivity index is 2.43. The van der Waals surface area contributed by atoms with Gasteiger partial charge in [-0.2, -0.15) is 0 Å². The molecule has 0 aromatic heterocycles. The molecular formula is C12H21N3O4. The largest absolute Gasteiger partial charge is 0.481 e. The topological polar surface area (TPSA) is 90.0 Å². The van der Waals surface area contributed by atoms with Crippen molar-refractivity contribution in [1.29, 1.82) is 0 Å². The molecule has 1 rings (SSSR count). The summed E-state index contributed by atoms with van der Waals surface area (Å²) in [6.07, 6.45) is 0.998. The highest BCUT2D eigenvalue weighted by molar-refractivity contribution is 5.78. The Morgan fingerprint density at radius 3 is 2.74 bits per heavy atom. The van der Waals surface area contributed by atoms with Crippen molar-refractivity contribution >= 4 is 17.9 Å². The third-order valence-electron chi connectivity index (χ3n) is 3.22. The van der Waals surface area contributed by atoms with Crippen molar-refractivity contribution in [3.05, 3.63) is 0 Å². The molecule has 7 nitrogen and oxygen atoms in total. The lowest BCUT2D eigenvalue weighted by Crippen LogP contribution is -2.52. The fourth-order valence-electron chi connectivity index (χ4n) is 2.03. The van der Waals surface area contributed by atoms with Crippen LogP contribution in [0.1, 0.15) is 26.2 Å². The number of carboxylic acid groups (broad SMARTS) is 1. The molecule has 1 fully saturated rings. The third-order valence-corrected chi connectivity index (χ3v) is 3.22. The summed E-state index contributed by atoms with van der Waals surface area (Å²) in [5, 5.41) is 11.5. The molecule has 3 amide bonds. The van der Waals surface area contributed by atoms with E-state index in [9.17, 15) is 14.4 Å². The lowest BCUT2D eigenvalue weighted by atomic mass is 10.1. The Labute approximate surface area is 112 Å². The Hall–Kier alpha value is -1.79. The number of carbonyl (C=O) groups is 3. The highest BCUT2D eigenvalue weighted by Gasteiger charge is 2.25. The van der Waals surface area contributed by atoms with E-state index in [4.69, 9.17) is 5.11 Å². The molecule has 1 heterocycles. The number of carbonyl (C=O) groups excluding carboxylic acids is 2. The van der Waals surface area contributed by atoms with Crippen LogP contribution >= 0.6 is 0 Å². The number of piperidine rings is 1. The van der Waals surface area contributed by atoms with Crippen LogP contribution in [-0.4, -0.2) is 65.5 Å². The maximum absolute atomic E-state index is 12.0. The molecular weight excluding hydrogens is 250 g/mol. The van der Waals surface area contributed by atoms with Gasteiger partial charge in [0.1, 0.15) is 0 Å². The summed E-state index contributed by atoms with van der Waals surface area (Å²) in [6, 6.07) is -0.328. The van der Waals surface area contributed by atoms with Crippen LogP contribution in [0.3, 0.4) is 0 Å². The van der Waals surface area contributed by atoms with Crippen molar-refractivity contribution in [2.75, 3.05) is 26.7 Å². The lowest BCUT2D eigenvalue weighted by Gasteiger charge is -2.32. The molecule has 19 heavy (non-hydrogen) atoms. The first-order valence-electron chi connectivity index (χ1n) is 6.45. The molecule has 2 N–H and O–H groups in total. The molecule has 108 valence electrons. The lowest BCUT2D eigenvalue weighted by molar-refractivity contribution is -0.137. The fourth-order valence-corrected chi connectivity index (χ4v) is 2.03. The van der Waals surface area contributed by atoms with E-state index in [2.05, 4.69) is 5.32 Å². The van der Waals surface area contributed by atoms with Crippen LogP contribution in [0.5, 0.6) is 0 Å². The molecule has 7 heteroatoms. The van der Waals surface area contributed by atoms with Crippen molar-refractivity contribution in [3.63, 3.8) is 0 Å². The number of rotatable bonds is 5. The van der Waals surface area contributed by atoms with Gasteiger partial charge >= 0.3 is 12.0 Å². The molecule has 0 bridgehead atoms. The van der Waals surface area contributed by atoms with Gasteiger partial charge in [-0.15, -0.1) is 0 Å². The zero-order valence-corrected chi connectivity index (χ0v) is 11.4. The second kappa shape index (κ2) is 6.96. The zero-order chi connectivity index (χ0) is 14.4. The van der Waals surface area contributed by atoms with Crippen LogP contribution in [0.4, 0.5) is 4.79 Å². The van der Waals surface area contributed by atoms with Gasteiger partial charge in [0.15, 0.2) is 0 Å². The Morgan fingerprint density at radius 1 is 1.53 bits per heavy atom. The normalized spacial score (nSPS) is 19.2. The van der Waals surface area contributed by atoms with Gasteiger partial charge in [-0.25, -0.2) is 4.79 Å². The van der Waals surface area contributed by atoms with Gasteiger partial charge in [0.05, 0.1) is 6.42 Å². The minimum Gasteiger partial charge on any atom is -0.481 e. The molecule has 0 aromatic carbocycles. The summed E-state index contributed by atoms with van der Waals surface area (Å²) >= 11 is 0. The number of amides is 3. The predicted molar refractivity (Wildman–Crippen MR) is 68.7 cm³/mol. The monoisotopic (exact) mass is 271 g/mol. The zero-order valence-electron chi connectivity index (χ0n) is 11.4. The number of urea groups is 1. The van der Waals surface area contributed by atoms with E-state index in [1.54, 1.807) is 18.9 Å². The Kier molecular flexibility index (Phi) is 5.59. The number of likely N-dealkylation sites (N-methyl/N-ethyl adjacent to an activating group) is 1. The summed E-state index contributed by atoms with van der Waals surface area (Å²) in [6.45, 7) is 2.96. The van der Waals surface area contributed by atoms with Gasteiger partial charge in [-0.1, -0.05) is 0 Å². The Morgan fingerprint density at radius 2 is 2.21 bits per heavy atom. The van der Waals surface area contributed by atoms with Gasteiger partial charge in [0.25, 0.3) is 0 Å². The minimum absolute atomic E-state index is 0.0610. The number of nitrogens with zero attached hydrogens (tertiary/aromatic N) is 2. The average Bonchev–Trinajstić information content (AvgIpc) is 2.34. The molecule has 1 aliphatic heterocycles. The van der Waals surface area contributed by atoms with Gasteiger partial charge in [0, 0.05) is 39.1 Å². The van der Waals surface area contributed by atoms with Crippen LogP contribution in [0.15, 0.2) is 0 Å². The SMILES string of the molecule is CCN(CCC(=O)O)C(=O)NC1CCC(=O)N(C)C1. The number of hydrogen-bond acceptors (Lipinski definition) is 3. The van der Waals surface area contributed by atoms with Crippen molar-refractivity contribution in [1.82, 2.24) is 15.1 Å². The predicted octanol–water partition coefficient (Wildman–Crippen LogP) is 0.113. The van der Waals surface area contributed by atoms with Gasteiger partial charge in [-0.3, -0.25) is 9.59 Å². The van der Waals surface area contributed by atoms with E-state index < -0.39 is 5.97 Å². The van der Waals surface area contributed by atoms with E-state index in [0.717, 1.165) is 0 Å².